The second-order valence-corrected chi connectivity index (χ2v) is 6.44. The van der Waals surface area contributed by atoms with Crippen molar-refractivity contribution in [3.8, 4) is 0 Å². The Bertz CT molecular complexity index is 544. The van der Waals surface area contributed by atoms with Crippen LogP contribution in [0, 0.1) is 6.92 Å². The van der Waals surface area contributed by atoms with Crippen LogP contribution in [0.15, 0.2) is 35.7 Å². The maximum absolute atomic E-state index is 3.74. The summed E-state index contributed by atoms with van der Waals surface area (Å²) in [4.78, 5) is 1.60. The average Bonchev–Trinajstić information content (AvgIpc) is 2.88. The highest BCUT2D eigenvalue weighted by atomic mass is 32.1. The van der Waals surface area contributed by atoms with Gasteiger partial charge in [-0.05, 0) is 61.7 Å². The number of benzene rings is 1. The molecule has 1 aliphatic rings. The molecular formula is C17H21NS. The Kier molecular flexibility index (Phi) is 4.00. The predicted molar refractivity (Wildman–Crippen MR) is 82.9 cm³/mol. The van der Waals surface area contributed by atoms with E-state index in [4.69, 9.17) is 0 Å². The van der Waals surface area contributed by atoms with E-state index >= 15 is 0 Å². The lowest BCUT2D eigenvalue weighted by Crippen LogP contribution is -2.26. The highest BCUT2D eigenvalue weighted by Crippen LogP contribution is 2.33. The minimum atomic E-state index is 0.583. The molecule has 1 aromatic carbocycles. The van der Waals surface area contributed by atoms with E-state index in [0.717, 1.165) is 13.0 Å². The summed E-state index contributed by atoms with van der Waals surface area (Å²) in [6.07, 6.45) is 5.02. The van der Waals surface area contributed by atoms with E-state index in [0.29, 0.717) is 6.04 Å². The van der Waals surface area contributed by atoms with Gasteiger partial charge in [-0.25, -0.2) is 0 Å². The zero-order valence-corrected chi connectivity index (χ0v) is 12.3. The van der Waals surface area contributed by atoms with Gasteiger partial charge in [0.2, 0.25) is 0 Å². The van der Waals surface area contributed by atoms with E-state index in [1.54, 1.807) is 10.4 Å². The first-order valence-electron chi connectivity index (χ1n) is 7.18. The van der Waals surface area contributed by atoms with E-state index in [2.05, 4.69) is 48.0 Å². The van der Waals surface area contributed by atoms with Crippen LogP contribution < -0.4 is 5.32 Å². The van der Waals surface area contributed by atoms with Gasteiger partial charge in [0.25, 0.3) is 0 Å². The fraction of sp³-hybridized carbons (Fsp3) is 0.412. The van der Waals surface area contributed by atoms with Crippen LogP contribution in [0.4, 0.5) is 0 Å². The number of aryl methyl sites for hydroxylation is 2. The van der Waals surface area contributed by atoms with Crippen LogP contribution in [0.5, 0.6) is 0 Å². The zero-order valence-electron chi connectivity index (χ0n) is 11.5. The Hall–Kier alpha value is -1.12. The Morgan fingerprint density at radius 1 is 1.32 bits per heavy atom. The van der Waals surface area contributed by atoms with E-state index in [-0.39, 0.29) is 0 Å². The second-order valence-electron chi connectivity index (χ2n) is 5.44. The van der Waals surface area contributed by atoms with Crippen LogP contribution >= 0.6 is 11.3 Å². The first-order chi connectivity index (χ1) is 9.33. The summed E-state index contributed by atoms with van der Waals surface area (Å²) in [5.74, 6) is 0. The van der Waals surface area contributed by atoms with Gasteiger partial charge in [0, 0.05) is 10.9 Å². The second kappa shape index (κ2) is 5.89. The molecule has 1 heterocycles. The molecule has 3 rings (SSSR count). The highest BCUT2D eigenvalue weighted by Gasteiger charge is 2.20. The minimum absolute atomic E-state index is 0.583. The van der Waals surface area contributed by atoms with Crippen molar-refractivity contribution in [2.24, 2.45) is 0 Å². The van der Waals surface area contributed by atoms with Gasteiger partial charge in [0.15, 0.2) is 0 Å². The zero-order chi connectivity index (χ0) is 13.1. The van der Waals surface area contributed by atoms with Gasteiger partial charge in [-0.1, -0.05) is 29.8 Å². The van der Waals surface area contributed by atoms with Gasteiger partial charge in [-0.3, -0.25) is 0 Å². The Morgan fingerprint density at radius 2 is 2.26 bits per heavy atom. The monoisotopic (exact) mass is 271 g/mol. The molecule has 0 fully saturated rings. The molecule has 0 spiro atoms. The minimum Gasteiger partial charge on any atom is -0.310 e. The van der Waals surface area contributed by atoms with Gasteiger partial charge in [-0.15, -0.1) is 11.3 Å². The number of rotatable bonds is 4. The fourth-order valence-electron chi connectivity index (χ4n) is 2.96. The first-order valence-corrected chi connectivity index (χ1v) is 8.06. The lowest BCUT2D eigenvalue weighted by atomic mass is 9.94. The molecule has 0 aliphatic heterocycles. The van der Waals surface area contributed by atoms with Crippen molar-refractivity contribution in [1.29, 1.82) is 0 Å². The van der Waals surface area contributed by atoms with Crippen molar-refractivity contribution in [1.82, 2.24) is 5.32 Å². The van der Waals surface area contributed by atoms with Crippen LogP contribution in [0.3, 0.4) is 0 Å². The van der Waals surface area contributed by atoms with Gasteiger partial charge in [0.05, 0.1) is 0 Å². The summed E-state index contributed by atoms with van der Waals surface area (Å²) >= 11 is 1.92. The van der Waals surface area contributed by atoms with Crippen LogP contribution in [-0.4, -0.2) is 6.54 Å². The number of hydrogen-bond acceptors (Lipinski definition) is 2. The van der Waals surface area contributed by atoms with Crippen molar-refractivity contribution < 1.29 is 0 Å². The summed E-state index contributed by atoms with van der Waals surface area (Å²) in [5.41, 5.74) is 4.35. The van der Waals surface area contributed by atoms with Gasteiger partial charge >= 0.3 is 0 Å². The smallest absolute Gasteiger partial charge is 0.0331 e. The van der Waals surface area contributed by atoms with Crippen molar-refractivity contribution in [3.05, 3.63) is 57.3 Å². The Labute approximate surface area is 119 Å². The molecule has 19 heavy (non-hydrogen) atoms. The molecule has 2 heteroatoms. The van der Waals surface area contributed by atoms with Crippen LogP contribution in [-0.2, 0) is 12.8 Å². The predicted octanol–water partition coefficient (Wildman–Crippen LogP) is 4.27. The van der Waals surface area contributed by atoms with E-state index < -0.39 is 0 Å². The fourth-order valence-corrected chi connectivity index (χ4v) is 3.94. The summed E-state index contributed by atoms with van der Waals surface area (Å²) in [5, 5.41) is 5.98. The van der Waals surface area contributed by atoms with Crippen molar-refractivity contribution in [2.75, 3.05) is 6.54 Å². The third-order valence-electron chi connectivity index (χ3n) is 3.94. The molecule has 1 N–H and O–H groups in total. The van der Waals surface area contributed by atoms with E-state index in [1.807, 2.05) is 11.3 Å². The van der Waals surface area contributed by atoms with Gasteiger partial charge in [0.1, 0.15) is 0 Å². The van der Waals surface area contributed by atoms with Crippen molar-refractivity contribution in [3.63, 3.8) is 0 Å². The third kappa shape index (κ3) is 3.07. The molecule has 0 bridgehead atoms. The van der Waals surface area contributed by atoms with E-state index in [1.165, 1.54) is 30.4 Å². The number of hydrogen-bond donors (Lipinski definition) is 1. The molecular weight excluding hydrogens is 250 g/mol. The van der Waals surface area contributed by atoms with E-state index in [9.17, 15) is 0 Å². The maximum Gasteiger partial charge on any atom is 0.0331 e. The largest absolute Gasteiger partial charge is 0.310 e. The molecule has 2 aromatic rings. The normalized spacial score (nSPS) is 18.3. The number of thiophene rings is 1. The molecule has 0 radical (unpaired) electrons. The van der Waals surface area contributed by atoms with Crippen molar-refractivity contribution in [2.45, 2.75) is 38.6 Å². The molecule has 0 amide bonds. The average molecular weight is 271 g/mol. The quantitative estimate of drug-likeness (QED) is 0.876. The van der Waals surface area contributed by atoms with Crippen LogP contribution in [0.2, 0.25) is 0 Å². The number of nitrogens with one attached hydrogen (secondary N) is 1. The summed E-state index contributed by atoms with van der Waals surface area (Å²) in [7, 11) is 0. The lowest BCUT2D eigenvalue weighted by molar-refractivity contribution is 0.467. The van der Waals surface area contributed by atoms with Crippen LogP contribution in [0.25, 0.3) is 0 Å². The topological polar surface area (TPSA) is 12.0 Å². The third-order valence-corrected chi connectivity index (χ3v) is 4.94. The highest BCUT2D eigenvalue weighted by molar-refractivity contribution is 7.10. The summed E-state index contributed by atoms with van der Waals surface area (Å²) in [6, 6.07) is 11.7. The standard InChI is InChI=1S/C17H21NS/c1-13-4-2-5-14(12-13)8-10-18-16-6-3-7-17-15(16)9-11-19-17/h2,4-5,9,11-12,16,18H,3,6-8,10H2,1H3. The summed E-state index contributed by atoms with van der Waals surface area (Å²) < 4.78 is 0. The molecule has 1 nitrogen and oxygen atoms in total. The molecule has 1 unspecified atom stereocenters. The maximum atomic E-state index is 3.74. The Balaban J connectivity index is 1.57. The molecule has 0 saturated carbocycles. The molecule has 1 aliphatic carbocycles. The summed E-state index contributed by atoms with van der Waals surface area (Å²) in [6.45, 7) is 3.24. The molecule has 1 atom stereocenters. The van der Waals surface area contributed by atoms with Gasteiger partial charge in [-0.2, -0.15) is 0 Å². The lowest BCUT2D eigenvalue weighted by Gasteiger charge is -2.23. The van der Waals surface area contributed by atoms with Crippen LogP contribution in [0.1, 0.15) is 40.5 Å². The van der Waals surface area contributed by atoms with Gasteiger partial charge < -0.3 is 5.32 Å². The SMILES string of the molecule is Cc1cccc(CCNC2CCCc3sccc32)c1. The molecule has 0 saturated heterocycles. The first kappa shape index (κ1) is 12.9. The molecule has 1 aromatic heterocycles. The Morgan fingerprint density at radius 3 is 3.16 bits per heavy atom. The van der Waals surface area contributed by atoms with Crippen molar-refractivity contribution >= 4 is 11.3 Å². The number of fused-ring (bicyclic) bond motifs is 1. The molecule has 100 valence electrons.